The van der Waals surface area contributed by atoms with Crippen LogP contribution < -0.4 is 10.1 Å². The van der Waals surface area contributed by atoms with Gasteiger partial charge in [0.05, 0.1) is 11.6 Å². The summed E-state index contributed by atoms with van der Waals surface area (Å²) in [7, 11) is 3.64. The van der Waals surface area contributed by atoms with Gasteiger partial charge in [-0.2, -0.15) is 0 Å². The van der Waals surface area contributed by atoms with Crippen molar-refractivity contribution in [2.75, 3.05) is 14.2 Å². The number of ether oxygens (including phenoxy) is 1. The van der Waals surface area contributed by atoms with E-state index in [0.717, 1.165) is 21.7 Å². The summed E-state index contributed by atoms with van der Waals surface area (Å²) in [6.07, 6.45) is 0.903. The van der Waals surface area contributed by atoms with E-state index in [1.807, 2.05) is 25.2 Å². The molecule has 0 aliphatic carbocycles. The minimum absolute atomic E-state index is 0.257. The number of likely N-dealkylation sites (N-methyl/N-ethyl adjacent to an activating group) is 1. The molecule has 0 amide bonds. The zero-order chi connectivity index (χ0) is 14.5. The van der Waals surface area contributed by atoms with E-state index >= 15 is 0 Å². The second kappa shape index (κ2) is 7.11. The van der Waals surface area contributed by atoms with Gasteiger partial charge >= 0.3 is 0 Å². The van der Waals surface area contributed by atoms with Gasteiger partial charge in [-0.1, -0.05) is 29.8 Å². The summed E-state index contributed by atoms with van der Waals surface area (Å²) in [6, 6.07) is 14.4. The van der Waals surface area contributed by atoms with Gasteiger partial charge in [0.15, 0.2) is 0 Å². The van der Waals surface area contributed by atoms with Crippen LogP contribution in [0, 0.1) is 0 Å². The third-order valence-corrected chi connectivity index (χ3v) is 4.15. The highest BCUT2D eigenvalue weighted by molar-refractivity contribution is 9.10. The molecule has 0 fully saturated rings. The summed E-state index contributed by atoms with van der Waals surface area (Å²) in [5, 5.41) is 4.10. The molecule has 0 aliphatic rings. The van der Waals surface area contributed by atoms with E-state index in [-0.39, 0.29) is 6.04 Å². The molecule has 1 atom stereocenters. The zero-order valence-electron chi connectivity index (χ0n) is 11.5. The van der Waals surface area contributed by atoms with Crippen LogP contribution in [0.1, 0.15) is 17.2 Å². The lowest BCUT2D eigenvalue weighted by molar-refractivity contribution is 0.412. The van der Waals surface area contributed by atoms with E-state index in [4.69, 9.17) is 16.3 Å². The third-order valence-electron chi connectivity index (χ3n) is 3.28. The predicted molar refractivity (Wildman–Crippen MR) is 87.7 cm³/mol. The lowest BCUT2D eigenvalue weighted by Crippen LogP contribution is -2.18. The third kappa shape index (κ3) is 3.75. The first-order valence-corrected chi connectivity index (χ1v) is 7.56. The highest BCUT2D eigenvalue weighted by atomic mass is 79.9. The van der Waals surface area contributed by atoms with Crippen molar-refractivity contribution in [3.8, 4) is 5.75 Å². The number of hydrogen-bond donors (Lipinski definition) is 1. The second-order valence-electron chi connectivity index (χ2n) is 4.57. The van der Waals surface area contributed by atoms with Gasteiger partial charge in [0, 0.05) is 11.1 Å². The first-order chi connectivity index (χ1) is 9.63. The molecule has 0 spiro atoms. The van der Waals surface area contributed by atoms with Gasteiger partial charge < -0.3 is 10.1 Å². The molecular weight excluding hydrogens is 338 g/mol. The van der Waals surface area contributed by atoms with Crippen LogP contribution in [0.4, 0.5) is 0 Å². The van der Waals surface area contributed by atoms with Gasteiger partial charge in [-0.3, -0.25) is 0 Å². The molecule has 0 bridgehead atoms. The smallest absolute Gasteiger partial charge is 0.133 e. The quantitative estimate of drug-likeness (QED) is 0.846. The Labute approximate surface area is 133 Å². The van der Waals surface area contributed by atoms with Crippen molar-refractivity contribution in [3.63, 3.8) is 0 Å². The van der Waals surface area contributed by atoms with Crippen molar-refractivity contribution >= 4 is 27.5 Å². The second-order valence-corrected chi connectivity index (χ2v) is 5.86. The summed E-state index contributed by atoms with van der Waals surface area (Å²) in [4.78, 5) is 0. The van der Waals surface area contributed by atoms with Crippen LogP contribution in [0.2, 0.25) is 5.02 Å². The Morgan fingerprint density at radius 1 is 1.20 bits per heavy atom. The van der Waals surface area contributed by atoms with Crippen molar-refractivity contribution in [2.24, 2.45) is 0 Å². The van der Waals surface area contributed by atoms with E-state index in [9.17, 15) is 0 Å². The van der Waals surface area contributed by atoms with Gasteiger partial charge in [-0.15, -0.1) is 0 Å². The number of rotatable bonds is 5. The van der Waals surface area contributed by atoms with Crippen molar-refractivity contribution in [3.05, 3.63) is 63.1 Å². The number of methoxy groups -OCH3 is 1. The van der Waals surface area contributed by atoms with Crippen LogP contribution in [0.3, 0.4) is 0 Å². The van der Waals surface area contributed by atoms with E-state index in [0.29, 0.717) is 0 Å². The molecule has 1 unspecified atom stereocenters. The van der Waals surface area contributed by atoms with Crippen molar-refractivity contribution < 1.29 is 4.74 Å². The molecule has 2 aromatic carbocycles. The predicted octanol–water partition coefficient (Wildman–Crippen LogP) is 4.61. The van der Waals surface area contributed by atoms with Gasteiger partial charge in [0.1, 0.15) is 5.75 Å². The standard InChI is InChI=1S/C16H17BrClNO/c1-19-15(12-4-6-13(18)7-5-12)10-11-3-8-16(20-2)14(17)9-11/h3-9,15,19H,10H2,1-2H3. The van der Waals surface area contributed by atoms with E-state index < -0.39 is 0 Å². The maximum Gasteiger partial charge on any atom is 0.133 e. The number of hydrogen-bond acceptors (Lipinski definition) is 2. The van der Waals surface area contributed by atoms with Gasteiger partial charge in [0.2, 0.25) is 0 Å². The molecule has 0 aliphatic heterocycles. The molecule has 4 heteroatoms. The lowest BCUT2D eigenvalue weighted by Gasteiger charge is -2.17. The molecule has 0 aromatic heterocycles. The Bertz CT molecular complexity index is 571. The summed E-state index contributed by atoms with van der Waals surface area (Å²) < 4.78 is 6.23. The molecule has 20 heavy (non-hydrogen) atoms. The van der Waals surface area contributed by atoms with Gasteiger partial charge in [-0.25, -0.2) is 0 Å². The molecule has 0 saturated carbocycles. The fourth-order valence-corrected chi connectivity index (χ4v) is 2.87. The molecule has 1 N–H and O–H groups in total. The maximum absolute atomic E-state index is 5.93. The van der Waals surface area contributed by atoms with E-state index in [1.54, 1.807) is 7.11 Å². The van der Waals surface area contributed by atoms with Crippen molar-refractivity contribution in [1.29, 1.82) is 0 Å². The fourth-order valence-electron chi connectivity index (χ4n) is 2.15. The maximum atomic E-state index is 5.93. The van der Waals surface area contributed by atoms with E-state index in [2.05, 4.69) is 45.5 Å². The average Bonchev–Trinajstić information content (AvgIpc) is 2.46. The van der Waals surface area contributed by atoms with Crippen molar-refractivity contribution in [2.45, 2.75) is 12.5 Å². The van der Waals surface area contributed by atoms with Crippen LogP contribution in [0.15, 0.2) is 46.9 Å². The number of nitrogens with one attached hydrogen (secondary N) is 1. The SMILES string of the molecule is CNC(Cc1ccc(OC)c(Br)c1)c1ccc(Cl)cc1. The van der Waals surface area contributed by atoms with Crippen LogP contribution >= 0.6 is 27.5 Å². The highest BCUT2D eigenvalue weighted by Gasteiger charge is 2.11. The van der Waals surface area contributed by atoms with Gasteiger partial charge in [-0.05, 0) is 64.8 Å². The summed E-state index contributed by atoms with van der Waals surface area (Å²) in [6.45, 7) is 0. The summed E-state index contributed by atoms with van der Waals surface area (Å²) in [5.41, 5.74) is 2.47. The minimum Gasteiger partial charge on any atom is -0.496 e. The normalized spacial score (nSPS) is 12.2. The summed E-state index contributed by atoms with van der Waals surface area (Å²) in [5.74, 6) is 0.848. The Morgan fingerprint density at radius 3 is 2.45 bits per heavy atom. The highest BCUT2D eigenvalue weighted by Crippen LogP contribution is 2.28. The topological polar surface area (TPSA) is 21.3 Å². The molecule has 0 radical (unpaired) electrons. The first kappa shape index (κ1) is 15.4. The van der Waals surface area contributed by atoms with Crippen LogP contribution in [0.25, 0.3) is 0 Å². The molecule has 2 rings (SSSR count). The van der Waals surface area contributed by atoms with Gasteiger partial charge in [0.25, 0.3) is 0 Å². The van der Waals surface area contributed by atoms with Crippen LogP contribution in [-0.2, 0) is 6.42 Å². The summed E-state index contributed by atoms with van der Waals surface area (Å²) >= 11 is 9.46. The fraction of sp³-hybridized carbons (Fsp3) is 0.250. The number of benzene rings is 2. The first-order valence-electron chi connectivity index (χ1n) is 6.39. The largest absolute Gasteiger partial charge is 0.496 e. The number of halogens is 2. The average molecular weight is 355 g/mol. The molecule has 0 saturated heterocycles. The Kier molecular flexibility index (Phi) is 5.46. The Hall–Kier alpha value is -1.03. The monoisotopic (exact) mass is 353 g/mol. The van der Waals surface area contributed by atoms with E-state index in [1.165, 1.54) is 11.1 Å². The zero-order valence-corrected chi connectivity index (χ0v) is 13.8. The van der Waals surface area contributed by atoms with Crippen LogP contribution in [-0.4, -0.2) is 14.2 Å². The van der Waals surface area contributed by atoms with Crippen molar-refractivity contribution in [1.82, 2.24) is 5.32 Å². The Balaban J connectivity index is 2.17. The minimum atomic E-state index is 0.257. The molecule has 0 heterocycles. The Morgan fingerprint density at radius 2 is 1.90 bits per heavy atom. The lowest BCUT2D eigenvalue weighted by atomic mass is 9.99. The molecule has 2 aromatic rings. The van der Waals surface area contributed by atoms with Crippen LogP contribution in [0.5, 0.6) is 5.75 Å². The molecular formula is C16H17BrClNO. The molecule has 2 nitrogen and oxygen atoms in total. The molecule has 106 valence electrons.